The lowest BCUT2D eigenvalue weighted by molar-refractivity contribution is -0.129. The summed E-state index contributed by atoms with van der Waals surface area (Å²) in [6.45, 7) is 3.84. The number of rotatable bonds is 5. The van der Waals surface area contributed by atoms with Crippen molar-refractivity contribution in [2.75, 3.05) is 12.4 Å². The Morgan fingerprint density at radius 2 is 2.25 bits per heavy atom. The second-order valence-corrected chi connectivity index (χ2v) is 6.59. The zero-order chi connectivity index (χ0) is 17.1. The van der Waals surface area contributed by atoms with Gasteiger partial charge in [0.1, 0.15) is 5.88 Å². The highest BCUT2D eigenvalue weighted by Crippen LogP contribution is 2.26. The van der Waals surface area contributed by atoms with Crippen LogP contribution in [0.15, 0.2) is 24.3 Å². The van der Waals surface area contributed by atoms with E-state index in [-0.39, 0.29) is 11.8 Å². The normalized spacial score (nSPS) is 17.4. The van der Waals surface area contributed by atoms with Crippen molar-refractivity contribution in [3.8, 4) is 6.07 Å². The molecule has 1 atom stereocenters. The fourth-order valence-corrected chi connectivity index (χ4v) is 3.97. The number of nitrogens with zero attached hydrogens (tertiary/aromatic N) is 3. The molecule has 1 amide bonds. The minimum Gasteiger partial charge on any atom is -0.345 e. The molecule has 1 aromatic carbocycles. The molecule has 1 unspecified atom stereocenters. The molecule has 0 aliphatic carbocycles. The van der Waals surface area contributed by atoms with Crippen LogP contribution in [0.5, 0.6) is 0 Å². The molecular weight excluding hydrogens is 322 g/mol. The Morgan fingerprint density at radius 3 is 2.96 bits per heavy atom. The van der Waals surface area contributed by atoms with E-state index in [0.29, 0.717) is 11.6 Å². The van der Waals surface area contributed by atoms with E-state index in [0.717, 1.165) is 44.3 Å². The number of hydrogen-bond acceptors (Lipinski definition) is 2. The fourth-order valence-electron chi connectivity index (χ4n) is 3.82. The second kappa shape index (κ2) is 7.27. The summed E-state index contributed by atoms with van der Waals surface area (Å²) in [7, 11) is 0. The molecule has 1 aliphatic heterocycles. The Hall–Kier alpha value is -1.99. The maximum absolute atomic E-state index is 11.9. The van der Waals surface area contributed by atoms with Crippen LogP contribution in [0.1, 0.15) is 37.4 Å². The lowest BCUT2D eigenvalue weighted by Crippen LogP contribution is -2.36. The first kappa shape index (κ1) is 16.9. The van der Waals surface area contributed by atoms with Gasteiger partial charge in [0, 0.05) is 30.3 Å². The molecule has 2 heterocycles. The Labute approximate surface area is 147 Å². The lowest BCUT2D eigenvalue weighted by atomic mass is 10.1. The molecule has 4 nitrogen and oxygen atoms in total. The third-order valence-electron chi connectivity index (χ3n) is 4.98. The highest BCUT2D eigenvalue weighted by atomic mass is 35.5. The molecule has 0 N–H and O–H groups in total. The maximum atomic E-state index is 11.9. The zero-order valence-corrected chi connectivity index (χ0v) is 14.7. The predicted octanol–water partition coefficient (Wildman–Crippen LogP) is 3.70. The molecule has 0 bridgehead atoms. The van der Waals surface area contributed by atoms with Gasteiger partial charge in [-0.3, -0.25) is 4.79 Å². The van der Waals surface area contributed by atoms with Gasteiger partial charge >= 0.3 is 0 Å². The van der Waals surface area contributed by atoms with Crippen LogP contribution < -0.4 is 0 Å². The third kappa shape index (κ3) is 3.14. The number of amides is 1. The number of aromatic nitrogens is 1. The van der Waals surface area contributed by atoms with Crippen LogP contribution in [0.25, 0.3) is 10.9 Å². The average Bonchev–Trinajstić information content (AvgIpc) is 3.22. The van der Waals surface area contributed by atoms with Crippen LogP contribution in [0.2, 0.25) is 0 Å². The number of carbonyl (C=O) groups is 1. The quantitative estimate of drug-likeness (QED) is 0.777. The molecule has 5 heteroatoms. The molecule has 24 heavy (non-hydrogen) atoms. The number of fused-ring (bicyclic) bond motifs is 1. The number of nitriles is 1. The van der Waals surface area contributed by atoms with Crippen molar-refractivity contribution in [3.05, 3.63) is 35.5 Å². The maximum Gasteiger partial charge on any atom is 0.237 e. The number of benzene rings is 1. The average molecular weight is 344 g/mol. The van der Waals surface area contributed by atoms with Gasteiger partial charge in [0.25, 0.3) is 0 Å². The molecule has 0 spiro atoms. The van der Waals surface area contributed by atoms with E-state index < -0.39 is 0 Å². The van der Waals surface area contributed by atoms with Crippen molar-refractivity contribution in [1.29, 1.82) is 5.26 Å². The summed E-state index contributed by atoms with van der Waals surface area (Å²) in [6.07, 6.45) is 4.02. The van der Waals surface area contributed by atoms with Crippen LogP contribution in [0.3, 0.4) is 0 Å². The van der Waals surface area contributed by atoms with Crippen molar-refractivity contribution in [1.82, 2.24) is 9.47 Å². The molecule has 0 saturated carbocycles. The summed E-state index contributed by atoms with van der Waals surface area (Å²) in [4.78, 5) is 13.9. The number of carbonyl (C=O) groups excluding carboxylic acids is 1. The molecule has 3 rings (SSSR count). The Balaban J connectivity index is 1.80. The number of hydrogen-bond donors (Lipinski definition) is 0. The summed E-state index contributed by atoms with van der Waals surface area (Å²) in [5, 5.41) is 10.3. The fraction of sp³-hybridized carbons (Fsp3) is 0.474. The van der Waals surface area contributed by atoms with E-state index in [4.69, 9.17) is 16.9 Å². The third-order valence-corrected chi connectivity index (χ3v) is 5.21. The first-order valence-electron chi connectivity index (χ1n) is 8.55. The topological polar surface area (TPSA) is 49.0 Å². The number of halogens is 1. The molecule has 2 aromatic rings. The van der Waals surface area contributed by atoms with Crippen molar-refractivity contribution >= 4 is 28.4 Å². The van der Waals surface area contributed by atoms with Crippen LogP contribution in [0, 0.1) is 11.3 Å². The molecule has 1 saturated heterocycles. The minimum absolute atomic E-state index is 0.0499. The van der Waals surface area contributed by atoms with Crippen LogP contribution in [0.4, 0.5) is 0 Å². The van der Waals surface area contributed by atoms with E-state index in [9.17, 15) is 4.79 Å². The Kier molecular flexibility index (Phi) is 5.11. The molecule has 0 radical (unpaired) electrons. The highest BCUT2D eigenvalue weighted by molar-refractivity contribution is 6.27. The van der Waals surface area contributed by atoms with Crippen molar-refractivity contribution in [2.24, 2.45) is 0 Å². The summed E-state index contributed by atoms with van der Waals surface area (Å²) < 4.78 is 2.28. The predicted molar refractivity (Wildman–Crippen MR) is 96.1 cm³/mol. The van der Waals surface area contributed by atoms with Gasteiger partial charge in [0.2, 0.25) is 5.91 Å². The molecule has 1 aromatic heterocycles. The Morgan fingerprint density at radius 1 is 1.42 bits per heavy atom. The van der Waals surface area contributed by atoms with Gasteiger partial charge in [-0.05, 0) is 56.2 Å². The van der Waals surface area contributed by atoms with Crippen molar-refractivity contribution < 1.29 is 4.79 Å². The molecule has 1 fully saturated rings. The standard InChI is InChI=1S/C19H22ClN3O/c1-2-22-17(11-15-6-5-14(13-21)10-18(15)22)8-7-16-4-3-9-23(16)19(24)12-20/h5-6,10-11,16H,2-4,7-9,12H2,1H3. The summed E-state index contributed by atoms with van der Waals surface area (Å²) in [5.41, 5.74) is 3.08. The van der Waals surface area contributed by atoms with Gasteiger partial charge < -0.3 is 9.47 Å². The highest BCUT2D eigenvalue weighted by Gasteiger charge is 2.27. The van der Waals surface area contributed by atoms with Crippen LogP contribution in [-0.2, 0) is 17.8 Å². The lowest BCUT2D eigenvalue weighted by Gasteiger charge is -2.24. The first-order chi connectivity index (χ1) is 11.7. The number of alkyl halides is 1. The monoisotopic (exact) mass is 343 g/mol. The SMILES string of the molecule is CCn1c(CCC2CCCN2C(=O)CCl)cc2ccc(C#N)cc21. The number of aryl methyl sites for hydroxylation is 2. The molecule has 1 aliphatic rings. The summed E-state index contributed by atoms with van der Waals surface area (Å²) in [6, 6.07) is 10.6. The van der Waals surface area contributed by atoms with Crippen molar-refractivity contribution in [2.45, 2.75) is 45.2 Å². The van der Waals surface area contributed by atoms with Gasteiger partial charge in [0.05, 0.1) is 11.6 Å². The van der Waals surface area contributed by atoms with E-state index >= 15 is 0 Å². The van der Waals surface area contributed by atoms with Crippen LogP contribution >= 0.6 is 11.6 Å². The number of likely N-dealkylation sites (tertiary alicyclic amines) is 1. The summed E-state index contributed by atoms with van der Waals surface area (Å²) >= 11 is 5.72. The van der Waals surface area contributed by atoms with Gasteiger partial charge in [-0.1, -0.05) is 6.07 Å². The Bertz CT molecular complexity index is 790. The molecular formula is C19H22ClN3O. The van der Waals surface area contributed by atoms with Gasteiger partial charge in [-0.25, -0.2) is 0 Å². The zero-order valence-electron chi connectivity index (χ0n) is 14.0. The largest absolute Gasteiger partial charge is 0.345 e. The van der Waals surface area contributed by atoms with E-state index in [1.165, 1.54) is 11.1 Å². The molecule has 126 valence electrons. The first-order valence-corrected chi connectivity index (χ1v) is 9.09. The van der Waals surface area contributed by atoms with Gasteiger partial charge in [0.15, 0.2) is 0 Å². The van der Waals surface area contributed by atoms with E-state index in [1.807, 2.05) is 23.1 Å². The van der Waals surface area contributed by atoms with Crippen LogP contribution in [-0.4, -0.2) is 33.8 Å². The van der Waals surface area contributed by atoms with Crippen molar-refractivity contribution in [3.63, 3.8) is 0 Å². The minimum atomic E-state index is 0.0499. The second-order valence-electron chi connectivity index (χ2n) is 6.32. The van der Waals surface area contributed by atoms with E-state index in [2.05, 4.69) is 23.6 Å². The van der Waals surface area contributed by atoms with Gasteiger partial charge in [-0.15, -0.1) is 11.6 Å². The van der Waals surface area contributed by atoms with E-state index in [1.54, 1.807) is 0 Å². The smallest absolute Gasteiger partial charge is 0.237 e. The summed E-state index contributed by atoms with van der Waals surface area (Å²) in [5.74, 6) is 0.122. The van der Waals surface area contributed by atoms with Gasteiger partial charge in [-0.2, -0.15) is 5.26 Å².